The Hall–Kier alpha value is -2.26. The molecule has 1 atom stereocenters. The van der Waals surface area contributed by atoms with E-state index in [9.17, 15) is 4.79 Å². The quantitative estimate of drug-likeness (QED) is 0.546. The molecule has 0 saturated carbocycles. The minimum atomic E-state index is 0.261. The second-order valence-corrected chi connectivity index (χ2v) is 8.19. The van der Waals surface area contributed by atoms with Crippen LogP contribution in [0.2, 0.25) is 5.02 Å². The van der Waals surface area contributed by atoms with Gasteiger partial charge in [0, 0.05) is 41.3 Å². The Morgan fingerprint density at radius 1 is 1.14 bits per heavy atom. The average Bonchev–Trinajstić information content (AvgIpc) is 3.05. The van der Waals surface area contributed by atoms with Crippen LogP contribution in [0.15, 0.2) is 54.7 Å². The minimum absolute atomic E-state index is 0.261. The number of fused-ring (bicyclic) bond motifs is 1. The van der Waals surface area contributed by atoms with Crippen LogP contribution in [-0.2, 0) is 17.8 Å². The van der Waals surface area contributed by atoms with E-state index in [2.05, 4.69) is 52.9 Å². The van der Waals surface area contributed by atoms with Gasteiger partial charge in [-0.05, 0) is 55.0 Å². The number of hydrogen-bond donors (Lipinski definition) is 0. The molecule has 1 aliphatic heterocycles. The predicted octanol–water partition coefficient (Wildman–Crippen LogP) is 5.68. The highest BCUT2D eigenvalue weighted by Crippen LogP contribution is 2.26. The zero-order chi connectivity index (χ0) is 19.5. The van der Waals surface area contributed by atoms with Crippen LogP contribution in [0.25, 0.3) is 10.9 Å². The van der Waals surface area contributed by atoms with Gasteiger partial charge in [0.05, 0.1) is 6.42 Å². The van der Waals surface area contributed by atoms with Crippen molar-refractivity contribution in [3.63, 3.8) is 0 Å². The van der Waals surface area contributed by atoms with E-state index in [1.165, 1.54) is 11.8 Å². The zero-order valence-electron chi connectivity index (χ0n) is 16.4. The van der Waals surface area contributed by atoms with Gasteiger partial charge in [0.25, 0.3) is 0 Å². The van der Waals surface area contributed by atoms with Crippen molar-refractivity contribution in [3.8, 4) is 0 Å². The third kappa shape index (κ3) is 3.95. The SMILES string of the molecule is CC[C@@H]1CCCCN1C(=O)Cc1cn(Cc2cccc(Cl)c2)c2ccccc12. The normalized spacial score (nSPS) is 17.2. The molecule has 0 spiro atoms. The molecule has 1 aromatic heterocycles. The fraction of sp³-hybridized carbons (Fsp3) is 0.375. The Morgan fingerprint density at radius 3 is 2.82 bits per heavy atom. The third-order valence-electron chi connectivity index (χ3n) is 5.87. The van der Waals surface area contributed by atoms with Crippen LogP contribution in [0.3, 0.4) is 0 Å². The topological polar surface area (TPSA) is 25.2 Å². The van der Waals surface area contributed by atoms with Crippen LogP contribution in [0, 0.1) is 0 Å². The number of rotatable bonds is 5. The van der Waals surface area contributed by atoms with Crippen molar-refractivity contribution >= 4 is 28.4 Å². The van der Waals surface area contributed by atoms with Crippen LogP contribution in [0.4, 0.5) is 0 Å². The molecule has 0 unspecified atom stereocenters. The summed E-state index contributed by atoms with van der Waals surface area (Å²) in [6.07, 6.45) is 7.16. The molecule has 0 N–H and O–H groups in total. The number of para-hydroxylation sites is 1. The van der Waals surface area contributed by atoms with Gasteiger partial charge >= 0.3 is 0 Å². The number of carbonyl (C=O) groups is 1. The van der Waals surface area contributed by atoms with E-state index in [0.717, 1.165) is 54.0 Å². The lowest BCUT2D eigenvalue weighted by molar-refractivity contribution is -0.134. The molecule has 1 fully saturated rings. The number of halogens is 1. The monoisotopic (exact) mass is 394 g/mol. The predicted molar refractivity (Wildman–Crippen MR) is 116 cm³/mol. The first kappa shape index (κ1) is 19.1. The molecule has 3 nitrogen and oxygen atoms in total. The molecule has 4 heteroatoms. The van der Waals surface area contributed by atoms with Gasteiger partial charge in [-0.2, -0.15) is 0 Å². The summed E-state index contributed by atoms with van der Waals surface area (Å²) in [5, 5.41) is 1.92. The molecule has 1 saturated heterocycles. The Labute approximate surface area is 171 Å². The largest absolute Gasteiger partial charge is 0.343 e. The number of carbonyl (C=O) groups excluding carboxylic acids is 1. The van der Waals surface area contributed by atoms with E-state index in [0.29, 0.717) is 12.5 Å². The Bertz CT molecular complexity index is 978. The molecule has 0 aliphatic carbocycles. The number of nitrogens with zero attached hydrogens (tertiary/aromatic N) is 2. The molecule has 3 aromatic rings. The standard InChI is InChI=1S/C24H27ClN2O/c1-2-21-10-5-6-13-27(21)24(28)15-19-17-26(23-12-4-3-11-22(19)23)16-18-8-7-9-20(25)14-18/h3-4,7-9,11-12,14,17,21H,2,5-6,10,13,15-16H2,1H3/t21-/m1/s1. The minimum Gasteiger partial charge on any atom is -0.343 e. The lowest BCUT2D eigenvalue weighted by atomic mass is 9.99. The summed E-state index contributed by atoms with van der Waals surface area (Å²) < 4.78 is 2.23. The van der Waals surface area contributed by atoms with Crippen LogP contribution < -0.4 is 0 Å². The van der Waals surface area contributed by atoms with Gasteiger partial charge in [0.1, 0.15) is 0 Å². The van der Waals surface area contributed by atoms with Gasteiger partial charge in [-0.25, -0.2) is 0 Å². The highest BCUT2D eigenvalue weighted by molar-refractivity contribution is 6.30. The van der Waals surface area contributed by atoms with Crippen molar-refractivity contribution in [2.75, 3.05) is 6.54 Å². The fourth-order valence-corrected chi connectivity index (χ4v) is 4.66. The maximum absolute atomic E-state index is 13.1. The van der Waals surface area contributed by atoms with Gasteiger partial charge in [-0.15, -0.1) is 0 Å². The van der Waals surface area contributed by atoms with E-state index in [1.807, 2.05) is 18.2 Å². The first-order valence-electron chi connectivity index (χ1n) is 10.3. The van der Waals surface area contributed by atoms with Gasteiger partial charge in [-0.3, -0.25) is 4.79 Å². The number of aromatic nitrogens is 1. The number of piperidine rings is 1. The molecule has 28 heavy (non-hydrogen) atoms. The van der Waals surface area contributed by atoms with Crippen molar-refractivity contribution in [1.82, 2.24) is 9.47 Å². The zero-order valence-corrected chi connectivity index (χ0v) is 17.2. The highest BCUT2D eigenvalue weighted by Gasteiger charge is 2.26. The molecule has 0 radical (unpaired) electrons. The Balaban J connectivity index is 1.61. The van der Waals surface area contributed by atoms with Gasteiger partial charge < -0.3 is 9.47 Å². The molecular formula is C24H27ClN2O. The van der Waals surface area contributed by atoms with Gasteiger partial charge in [0.15, 0.2) is 0 Å². The fourth-order valence-electron chi connectivity index (χ4n) is 4.44. The molecule has 0 bridgehead atoms. The van der Waals surface area contributed by atoms with Crippen molar-refractivity contribution in [3.05, 3.63) is 70.9 Å². The summed E-state index contributed by atoms with van der Waals surface area (Å²) in [7, 11) is 0. The van der Waals surface area contributed by atoms with Crippen LogP contribution in [0.5, 0.6) is 0 Å². The molecule has 2 aromatic carbocycles. The van der Waals surface area contributed by atoms with Crippen molar-refractivity contribution in [2.45, 2.75) is 51.6 Å². The summed E-state index contributed by atoms with van der Waals surface area (Å²) in [5.74, 6) is 0.261. The second-order valence-electron chi connectivity index (χ2n) is 7.75. The number of hydrogen-bond acceptors (Lipinski definition) is 1. The maximum atomic E-state index is 13.1. The van der Waals surface area contributed by atoms with Gasteiger partial charge in [0.2, 0.25) is 5.91 Å². The van der Waals surface area contributed by atoms with Crippen molar-refractivity contribution in [1.29, 1.82) is 0 Å². The van der Waals surface area contributed by atoms with E-state index in [4.69, 9.17) is 11.6 Å². The van der Waals surface area contributed by atoms with Crippen molar-refractivity contribution in [2.24, 2.45) is 0 Å². The average molecular weight is 395 g/mol. The van der Waals surface area contributed by atoms with E-state index in [1.54, 1.807) is 0 Å². The molecule has 1 aliphatic rings. The highest BCUT2D eigenvalue weighted by atomic mass is 35.5. The molecule has 4 rings (SSSR count). The van der Waals surface area contributed by atoms with E-state index >= 15 is 0 Å². The number of benzene rings is 2. The number of amides is 1. The Morgan fingerprint density at radius 2 is 2.00 bits per heavy atom. The van der Waals surface area contributed by atoms with Crippen LogP contribution in [-0.4, -0.2) is 28.0 Å². The smallest absolute Gasteiger partial charge is 0.227 e. The first-order valence-corrected chi connectivity index (χ1v) is 10.6. The lowest BCUT2D eigenvalue weighted by Gasteiger charge is -2.35. The lowest BCUT2D eigenvalue weighted by Crippen LogP contribution is -2.44. The molecular weight excluding hydrogens is 368 g/mol. The summed E-state index contributed by atoms with van der Waals surface area (Å²) in [4.78, 5) is 15.2. The van der Waals surface area contributed by atoms with Crippen molar-refractivity contribution < 1.29 is 4.79 Å². The summed E-state index contributed by atoms with van der Waals surface area (Å²) in [6.45, 7) is 3.84. The summed E-state index contributed by atoms with van der Waals surface area (Å²) in [5.41, 5.74) is 3.44. The first-order chi connectivity index (χ1) is 13.7. The van der Waals surface area contributed by atoms with E-state index < -0.39 is 0 Å². The molecule has 2 heterocycles. The van der Waals surface area contributed by atoms with Crippen LogP contribution >= 0.6 is 11.6 Å². The van der Waals surface area contributed by atoms with E-state index in [-0.39, 0.29) is 5.91 Å². The second kappa shape index (κ2) is 8.40. The summed E-state index contributed by atoms with van der Waals surface area (Å²) >= 11 is 6.16. The van der Waals surface area contributed by atoms with Gasteiger partial charge in [-0.1, -0.05) is 48.9 Å². The Kier molecular flexibility index (Phi) is 5.72. The van der Waals surface area contributed by atoms with Crippen LogP contribution in [0.1, 0.15) is 43.7 Å². The molecule has 1 amide bonds. The summed E-state index contributed by atoms with van der Waals surface area (Å²) in [6, 6.07) is 16.7. The maximum Gasteiger partial charge on any atom is 0.227 e. The molecule has 146 valence electrons. The number of likely N-dealkylation sites (tertiary alicyclic amines) is 1. The third-order valence-corrected chi connectivity index (χ3v) is 6.11.